The maximum Gasteiger partial charge on any atom is 0.273 e. The number of thiazole rings is 1. The van der Waals surface area contributed by atoms with Crippen molar-refractivity contribution in [2.24, 2.45) is 0 Å². The lowest BCUT2D eigenvalue weighted by Crippen LogP contribution is -2.36. The monoisotopic (exact) mass is 319 g/mol. The smallest absolute Gasteiger partial charge is 0.273 e. The fourth-order valence-electron chi connectivity index (χ4n) is 2.48. The Kier molecular flexibility index (Phi) is 4.24. The Labute approximate surface area is 132 Å². The number of amides is 2. The minimum atomic E-state index is -0.0838. The lowest BCUT2D eigenvalue weighted by Gasteiger charge is -2.20. The molecule has 6 nitrogen and oxygen atoms in total. The normalized spacial score (nSPS) is 15.7. The molecular formula is C15H17N3O3S. The summed E-state index contributed by atoms with van der Waals surface area (Å²) in [5, 5.41) is 2.46. The van der Waals surface area contributed by atoms with Crippen LogP contribution in [0.2, 0.25) is 0 Å². The maximum atomic E-state index is 12.5. The first kappa shape index (κ1) is 14.8. The zero-order chi connectivity index (χ0) is 15.5. The molecule has 3 heterocycles. The molecule has 2 aromatic rings. The summed E-state index contributed by atoms with van der Waals surface area (Å²) in [6, 6.07) is 3.62. The molecule has 0 aliphatic carbocycles. The van der Waals surface area contributed by atoms with E-state index in [1.165, 1.54) is 11.3 Å². The van der Waals surface area contributed by atoms with E-state index >= 15 is 0 Å². The van der Waals surface area contributed by atoms with Gasteiger partial charge in [-0.3, -0.25) is 9.59 Å². The molecule has 7 heteroatoms. The van der Waals surface area contributed by atoms with Crippen LogP contribution in [0, 0.1) is 0 Å². The molecule has 2 aromatic heterocycles. The van der Waals surface area contributed by atoms with Crippen molar-refractivity contribution in [2.75, 3.05) is 26.2 Å². The van der Waals surface area contributed by atoms with Crippen molar-refractivity contribution in [3.05, 3.63) is 29.5 Å². The number of rotatable bonds is 2. The van der Waals surface area contributed by atoms with Crippen molar-refractivity contribution in [1.29, 1.82) is 0 Å². The highest BCUT2D eigenvalue weighted by Gasteiger charge is 2.23. The van der Waals surface area contributed by atoms with Crippen LogP contribution in [0.5, 0.6) is 0 Å². The van der Waals surface area contributed by atoms with E-state index < -0.39 is 0 Å². The molecule has 0 aromatic carbocycles. The number of nitrogens with zero attached hydrogens (tertiary/aromatic N) is 3. The van der Waals surface area contributed by atoms with E-state index in [4.69, 9.17) is 4.42 Å². The average molecular weight is 319 g/mol. The van der Waals surface area contributed by atoms with Crippen molar-refractivity contribution in [3.8, 4) is 10.8 Å². The Morgan fingerprint density at radius 3 is 2.73 bits per heavy atom. The van der Waals surface area contributed by atoms with E-state index in [0.717, 1.165) is 6.42 Å². The van der Waals surface area contributed by atoms with Crippen LogP contribution in [0.1, 0.15) is 23.8 Å². The Bertz CT molecular complexity index is 665. The van der Waals surface area contributed by atoms with E-state index in [2.05, 4.69) is 4.98 Å². The van der Waals surface area contributed by atoms with Crippen LogP contribution in [0.25, 0.3) is 10.8 Å². The van der Waals surface area contributed by atoms with E-state index in [-0.39, 0.29) is 11.8 Å². The van der Waals surface area contributed by atoms with E-state index in [9.17, 15) is 9.59 Å². The summed E-state index contributed by atoms with van der Waals surface area (Å²) in [4.78, 5) is 31.9. The third kappa shape index (κ3) is 3.04. The van der Waals surface area contributed by atoms with Crippen LogP contribution >= 0.6 is 11.3 Å². The average Bonchev–Trinajstić information content (AvgIpc) is 3.12. The van der Waals surface area contributed by atoms with Gasteiger partial charge in [0.25, 0.3) is 5.91 Å². The van der Waals surface area contributed by atoms with Gasteiger partial charge in [0, 0.05) is 38.5 Å². The molecule has 0 bridgehead atoms. The van der Waals surface area contributed by atoms with Gasteiger partial charge in [0.2, 0.25) is 5.91 Å². The lowest BCUT2D eigenvalue weighted by atomic mass is 10.3. The molecule has 0 unspecified atom stereocenters. The minimum Gasteiger partial charge on any atom is -0.462 e. The number of carbonyl (C=O) groups is 2. The highest BCUT2D eigenvalue weighted by Crippen LogP contribution is 2.24. The molecule has 1 saturated heterocycles. The van der Waals surface area contributed by atoms with Crippen LogP contribution in [0.15, 0.2) is 28.2 Å². The Morgan fingerprint density at radius 1 is 1.23 bits per heavy atom. The SMILES string of the molecule is CC(=O)N1CCCN(C(=O)c2csc(-c3ccco3)n2)CC1. The van der Waals surface area contributed by atoms with E-state index in [1.807, 2.05) is 6.07 Å². The molecule has 0 spiro atoms. The minimum absolute atomic E-state index is 0.0584. The second-order valence-corrected chi connectivity index (χ2v) is 6.03. The Morgan fingerprint density at radius 2 is 2.00 bits per heavy atom. The topological polar surface area (TPSA) is 66.7 Å². The molecular weight excluding hydrogens is 302 g/mol. The molecule has 2 amide bonds. The summed E-state index contributed by atoms with van der Waals surface area (Å²) in [6.45, 7) is 4.04. The van der Waals surface area contributed by atoms with Crippen LogP contribution in [0.3, 0.4) is 0 Å². The van der Waals surface area contributed by atoms with Gasteiger partial charge in [-0.25, -0.2) is 4.98 Å². The first-order chi connectivity index (χ1) is 10.6. The van der Waals surface area contributed by atoms with Gasteiger partial charge in [0.15, 0.2) is 10.8 Å². The number of hydrogen-bond donors (Lipinski definition) is 0. The lowest BCUT2D eigenvalue weighted by molar-refractivity contribution is -0.128. The van der Waals surface area contributed by atoms with E-state index in [0.29, 0.717) is 42.6 Å². The van der Waals surface area contributed by atoms with Crippen LogP contribution < -0.4 is 0 Å². The van der Waals surface area contributed by atoms with Crippen LogP contribution in [-0.4, -0.2) is 52.8 Å². The summed E-state index contributed by atoms with van der Waals surface area (Å²) in [5.74, 6) is 0.644. The molecule has 0 saturated carbocycles. The van der Waals surface area contributed by atoms with E-state index in [1.54, 1.807) is 34.4 Å². The number of aromatic nitrogens is 1. The summed E-state index contributed by atoms with van der Waals surface area (Å²) in [5.41, 5.74) is 0.438. The van der Waals surface area contributed by atoms with Crippen molar-refractivity contribution in [1.82, 2.24) is 14.8 Å². The first-order valence-electron chi connectivity index (χ1n) is 7.19. The number of hydrogen-bond acceptors (Lipinski definition) is 5. The quantitative estimate of drug-likeness (QED) is 0.850. The summed E-state index contributed by atoms with van der Waals surface area (Å²) in [7, 11) is 0. The van der Waals surface area contributed by atoms with Crippen molar-refractivity contribution in [2.45, 2.75) is 13.3 Å². The van der Waals surface area contributed by atoms with Gasteiger partial charge in [-0.05, 0) is 18.6 Å². The second kappa shape index (κ2) is 6.31. The fourth-order valence-corrected chi connectivity index (χ4v) is 3.24. The fraction of sp³-hybridized carbons (Fsp3) is 0.400. The zero-order valence-corrected chi connectivity index (χ0v) is 13.1. The van der Waals surface area contributed by atoms with Crippen LogP contribution in [-0.2, 0) is 4.79 Å². The highest BCUT2D eigenvalue weighted by atomic mass is 32.1. The van der Waals surface area contributed by atoms with Crippen molar-refractivity contribution in [3.63, 3.8) is 0 Å². The van der Waals surface area contributed by atoms with Crippen molar-refractivity contribution >= 4 is 23.2 Å². The van der Waals surface area contributed by atoms with Gasteiger partial charge >= 0.3 is 0 Å². The molecule has 0 N–H and O–H groups in total. The largest absolute Gasteiger partial charge is 0.462 e. The van der Waals surface area contributed by atoms with Gasteiger partial charge in [-0.2, -0.15) is 0 Å². The van der Waals surface area contributed by atoms with Crippen LogP contribution in [0.4, 0.5) is 0 Å². The molecule has 116 valence electrons. The molecule has 1 aliphatic rings. The summed E-state index contributed by atoms with van der Waals surface area (Å²) in [6.07, 6.45) is 2.38. The maximum absolute atomic E-state index is 12.5. The second-order valence-electron chi connectivity index (χ2n) is 5.17. The first-order valence-corrected chi connectivity index (χ1v) is 8.07. The van der Waals surface area contributed by atoms with Crippen molar-refractivity contribution < 1.29 is 14.0 Å². The Hall–Kier alpha value is -2.15. The predicted octanol–water partition coefficient (Wildman–Crippen LogP) is 2.10. The molecule has 3 rings (SSSR count). The zero-order valence-electron chi connectivity index (χ0n) is 12.3. The number of furan rings is 1. The van der Waals surface area contributed by atoms with Gasteiger partial charge in [-0.15, -0.1) is 11.3 Å². The molecule has 0 atom stereocenters. The highest BCUT2D eigenvalue weighted by molar-refractivity contribution is 7.13. The molecule has 22 heavy (non-hydrogen) atoms. The third-order valence-corrected chi connectivity index (χ3v) is 4.54. The van der Waals surface area contributed by atoms with Gasteiger partial charge in [0.05, 0.1) is 6.26 Å². The molecule has 1 fully saturated rings. The molecule has 1 aliphatic heterocycles. The summed E-state index contributed by atoms with van der Waals surface area (Å²) >= 11 is 1.39. The van der Waals surface area contributed by atoms with Gasteiger partial charge in [-0.1, -0.05) is 0 Å². The molecule has 0 radical (unpaired) electrons. The predicted molar refractivity (Wildman–Crippen MR) is 82.6 cm³/mol. The van der Waals surface area contributed by atoms with Gasteiger partial charge in [0.1, 0.15) is 5.69 Å². The Balaban J connectivity index is 1.70. The number of carbonyl (C=O) groups excluding carboxylic acids is 2. The third-order valence-electron chi connectivity index (χ3n) is 3.68. The standard InChI is InChI=1S/C15H17N3O3S/c1-11(19)17-5-3-6-18(8-7-17)15(20)12-10-22-14(16-12)13-4-2-9-21-13/h2,4,9-10H,3,5-8H2,1H3. The van der Waals surface area contributed by atoms with Gasteiger partial charge < -0.3 is 14.2 Å². The summed E-state index contributed by atoms with van der Waals surface area (Å²) < 4.78 is 5.30.